The van der Waals surface area contributed by atoms with Crippen molar-refractivity contribution in [2.45, 2.75) is 78.6 Å². The van der Waals surface area contributed by atoms with Crippen molar-refractivity contribution >= 4 is 79.0 Å². The molecule has 0 aliphatic carbocycles. The molecule has 0 saturated heterocycles. The Bertz CT molecular complexity index is 4280. The molecular weight excluding hydrogens is 990 g/mol. The summed E-state index contributed by atoms with van der Waals surface area (Å²) in [6.07, 6.45) is 3.14. The average molecular weight is 1060 g/mol. The van der Waals surface area contributed by atoms with Crippen LogP contribution in [-0.4, -0.2) is 11.3 Å². The maximum absolute atomic E-state index is 2.71. The van der Waals surface area contributed by atoms with Gasteiger partial charge in [-0.05, 0) is 151 Å². The lowest BCUT2D eigenvalue weighted by molar-refractivity contribution is 0.590. The van der Waals surface area contributed by atoms with Crippen LogP contribution < -0.4 is 26.2 Å². The molecule has 82 heavy (non-hydrogen) atoms. The number of fused-ring (bicyclic) bond motifs is 7. The molecule has 11 aromatic carbocycles. The van der Waals surface area contributed by atoms with Gasteiger partial charge in [0.05, 0.1) is 16.7 Å². The van der Waals surface area contributed by atoms with Crippen molar-refractivity contribution in [1.29, 1.82) is 0 Å². The second-order valence-electron chi connectivity index (χ2n) is 24.7. The Kier molecular flexibility index (Phi) is 12.5. The highest BCUT2D eigenvalue weighted by atomic mass is 15.2. The molecule has 0 unspecified atom stereocenters. The Morgan fingerprint density at radius 1 is 0.366 bits per heavy atom. The van der Waals surface area contributed by atoms with E-state index in [0.29, 0.717) is 0 Å². The topological polar surface area (TPSA) is 11.4 Å². The van der Waals surface area contributed by atoms with Gasteiger partial charge in [-0.3, -0.25) is 0 Å². The van der Waals surface area contributed by atoms with Crippen LogP contribution in [0.15, 0.2) is 249 Å². The molecule has 0 spiro atoms. The summed E-state index contributed by atoms with van der Waals surface area (Å²) < 4.78 is 2.50. The molecule has 398 valence electrons. The molecule has 0 amide bonds. The Balaban J connectivity index is 1.15. The van der Waals surface area contributed by atoms with Crippen LogP contribution >= 0.6 is 0 Å². The van der Waals surface area contributed by atoms with Gasteiger partial charge in [0.25, 0.3) is 6.71 Å². The number of unbranched alkanes of at least 4 members (excludes halogenated alkanes) is 1. The molecule has 3 heterocycles. The van der Waals surface area contributed by atoms with E-state index in [4.69, 9.17) is 0 Å². The minimum Gasteiger partial charge on any atom is -0.311 e. The largest absolute Gasteiger partial charge is 0.311 e. The van der Waals surface area contributed by atoms with Crippen molar-refractivity contribution in [2.24, 2.45) is 0 Å². The van der Waals surface area contributed by atoms with E-state index in [2.05, 4.69) is 312 Å². The number of hydrogen-bond acceptors (Lipinski definition) is 2. The van der Waals surface area contributed by atoms with E-state index in [1.807, 2.05) is 0 Å². The van der Waals surface area contributed by atoms with Crippen LogP contribution in [0, 0.1) is 0 Å². The first-order valence-electron chi connectivity index (χ1n) is 29.5. The number of anilines is 6. The third kappa shape index (κ3) is 8.66. The molecule has 2 aliphatic rings. The van der Waals surface area contributed by atoms with Gasteiger partial charge in [-0.15, -0.1) is 0 Å². The first-order chi connectivity index (χ1) is 39.9. The zero-order valence-corrected chi connectivity index (χ0v) is 48.2. The van der Waals surface area contributed by atoms with Crippen molar-refractivity contribution in [2.75, 3.05) is 9.80 Å². The van der Waals surface area contributed by atoms with Crippen molar-refractivity contribution in [3.8, 4) is 50.2 Å². The molecule has 0 atom stereocenters. The van der Waals surface area contributed by atoms with Crippen molar-refractivity contribution in [1.82, 2.24) is 4.57 Å². The SMILES string of the molecule is CCCCc1ccc(-c2ccccc2)cc1N1c2cc(-n3c4ccccc4c4ccccc43)ccc2B2c3cc(-c4ccccc4)ccc3N(c3c(-c4ccccc4)cc(C(C)(C)C)cc3-c3ccccc3)c3cc(C(C)(C)C)cc1c32. The number of aryl methyl sites for hydroxylation is 1. The van der Waals surface area contributed by atoms with Crippen molar-refractivity contribution < 1.29 is 0 Å². The van der Waals surface area contributed by atoms with Gasteiger partial charge >= 0.3 is 0 Å². The summed E-state index contributed by atoms with van der Waals surface area (Å²) in [6.45, 7) is 16.4. The number of rotatable bonds is 10. The molecular formula is C78H68BN3. The molecule has 4 heteroatoms. The molecule has 3 nitrogen and oxygen atoms in total. The number of para-hydroxylation sites is 2. The lowest BCUT2D eigenvalue weighted by Gasteiger charge is -2.46. The third-order valence-electron chi connectivity index (χ3n) is 17.5. The van der Waals surface area contributed by atoms with Crippen LogP contribution in [0.25, 0.3) is 72.0 Å². The second kappa shape index (κ2) is 20.2. The van der Waals surface area contributed by atoms with Gasteiger partial charge in [-0.1, -0.05) is 243 Å². The lowest BCUT2D eigenvalue weighted by atomic mass is 9.33. The fourth-order valence-corrected chi connectivity index (χ4v) is 13.2. The third-order valence-corrected chi connectivity index (χ3v) is 17.5. The van der Waals surface area contributed by atoms with Crippen LogP contribution in [-0.2, 0) is 17.3 Å². The first kappa shape index (κ1) is 51.1. The van der Waals surface area contributed by atoms with Crippen LogP contribution in [0.5, 0.6) is 0 Å². The molecule has 0 saturated carbocycles. The summed E-state index contributed by atoms with van der Waals surface area (Å²) in [5.41, 5.74) is 27.8. The standard InChI is InChI=1S/C78H68BN3/c1-8-9-26-56-39-40-58(53-29-16-11-17-30-53)46-71(56)81-72-51-61(80-68-37-24-22-35-62(68)63-36-23-25-38-69(63)80)42-43-66(72)79-67-45-57(52-27-14-10-15-28-52)41-44-70(67)82(74-50-60(78(5,6)7)49-73(81)75(74)79)76-64(54-31-18-12-19-32-54)47-59(77(2,3)4)48-65(76)55-33-20-13-21-34-55/h10-25,27-51H,8-9,26H2,1-7H3. The van der Waals surface area contributed by atoms with E-state index >= 15 is 0 Å². The minimum absolute atomic E-state index is 0.127. The fraction of sp³-hybridized carbons (Fsp3) is 0.154. The van der Waals surface area contributed by atoms with Gasteiger partial charge in [0.1, 0.15) is 0 Å². The summed E-state index contributed by atoms with van der Waals surface area (Å²) in [5.74, 6) is 0. The summed E-state index contributed by atoms with van der Waals surface area (Å²) in [6, 6.07) is 94.2. The number of hydrogen-bond donors (Lipinski definition) is 0. The highest BCUT2D eigenvalue weighted by Crippen LogP contribution is 2.53. The van der Waals surface area contributed by atoms with Gasteiger partial charge in [-0.2, -0.15) is 0 Å². The molecule has 0 bridgehead atoms. The highest BCUT2D eigenvalue weighted by molar-refractivity contribution is 7.00. The lowest BCUT2D eigenvalue weighted by Crippen LogP contribution is -2.61. The Hall–Kier alpha value is -9.12. The maximum atomic E-state index is 2.71. The van der Waals surface area contributed by atoms with Gasteiger partial charge in [0.2, 0.25) is 0 Å². The van der Waals surface area contributed by atoms with E-state index < -0.39 is 0 Å². The summed E-state index contributed by atoms with van der Waals surface area (Å²) in [4.78, 5) is 5.40. The average Bonchev–Trinajstić information content (AvgIpc) is 3.42. The van der Waals surface area contributed by atoms with Gasteiger partial charge in [0.15, 0.2) is 0 Å². The summed E-state index contributed by atoms with van der Waals surface area (Å²) in [5, 5.41) is 2.51. The van der Waals surface area contributed by atoms with Gasteiger partial charge < -0.3 is 14.4 Å². The predicted octanol–water partition coefficient (Wildman–Crippen LogP) is 19.5. The van der Waals surface area contributed by atoms with Crippen molar-refractivity contribution in [3.63, 3.8) is 0 Å². The second-order valence-corrected chi connectivity index (χ2v) is 24.7. The maximum Gasteiger partial charge on any atom is 0.252 e. The monoisotopic (exact) mass is 1060 g/mol. The van der Waals surface area contributed by atoms with E-state index in [-0.39, 0.29) is 17.5 Å². The van der Waals surface area contributed by atoms with Crippen LogP contribution in [0.4, 0.5) is 34.1 Å². The number of nitrogens with zero attached hydrogens (tertiary/aromatic N) is 3. The van der Waals surface area contributed by atoms with Crippen LogP contribution in [0.1, 0.15) is 78.0 Å². The van der Waals surface area contributed by atoms with Crippen LogP contribution in [0.2, 0.25) is 0 Å². The molecule has 14 rings (SSSR count). The zero-order valence-electron chi connectivity index (χ0n) is 48.2. The number of aromatic nitrogens is 1. The number of benzene rings is 11. The van der Waals surface area contributed by atoms with E-state index in [0.717, 1.165) is 24.9 Å². The Morgan fingerprint density at radius 3 is 1.40 bits per heavy atom. The Labute approximate surface area is 484 Å². The first-order valence-corrected chi connectivity index (χ1v) is 29.5. The zero-order chi connectivity index (χ0) is 55.9. The van der Waals surface area contributed by atoms with Gasteiger partial charge in [0, 0.05) is 56.0 Å². The molecule has 12 aromatic rings. The molecule has 2 aliphatic heterocycles. The highest BCUT2D eigenvalue weighted by Gasteiger charge is 2.46. The molecule has 0 radical (unpaired) electrons. The van der Waals surface area contributed by atoms with Crippen LogP contribution in [0.3, 0.4) is 0 Å². The minimum atomic E-state index is -0.224. The van der Waals surface area contributed by atoms with E-state index in [1.165, 1.54) is 134 Å². The smallest absolute Gasteiger partial charge is 0.252 e. The van der Waals surface area contributed by atoms with E-state index in [1.54, 1.807) is 0 Å². The fourth-order valence-electron chi connectivity index (χ4n) is 13.2. The van der Waals surface area contributed by atoms with Crippen molar-refractivity contribution in [3.05, 3.63) is 265 Å². The Morgan fingerprint density at radius 2 is 0.854 bits per heavy atom. The quantitative estimate of drug-likeness (QED) is 0.126. The summed E-state index contributed by atoms with van der Waals surface area (Å²) >= 11 is 0. The molecule has 0 fully saturated rings. The normalized spacial score (nSPS) is 12.9. The molecule has 0 N–H and O–H groups in total. The molecule has 1 aromatic heterocycles. The van der Waals surface area contributed by atoms with Gasteiger partial charge in [-0.25, -0.2) is 0 Å². The summed E-state index contributed by atoms with van der Waals surface area (Å²) in [7, 11) is 0. The van der Waals surface area contributed by atoms with E-state index in [9.17, 15) is 0 Å². The predicted molar refractivity (Wildman–Crippen MR) is 353 cm³/mol.